The summed E-state index contributed by atoms with van der Waals surface area (Å²) in [5, 5.41) is 0.597. The van der Waals surface area contributed by atoms with Gasteiger partial charge in [0.2, 0.25) is 0 Å². The van der Waals surface area contributed by atoms with Crippen LogP contribution in [0.4, 0.5) is 0 Å². The molecule has 0 aliphatic heterocycles. The third-order valence-electron chi connectivity index (χ3n) is 3.78. The fourth-order valence-corrected chi connectivity index (χ4v) is 2.85. The molecule has 0 heterocycles. The number of rotatable bonds is 3. The minimum atomic E-state index is -0.0263. The van der Waals surface area contributed by atoms with Crippen molar-refractivity contribution >= 4 is 11.6 Å². The van der Waals surface area contributed by atoms with E-state index < -0.39 is 0 Å². The summed E-state index contributed by atoms with van der Waals surface area (Å²) < 4.78 is 5.90. The highest BCUT2D eigenvalue weighted by Crippen LogP contribution is 2.33. The molecular formula is C17H18ClNO. The fraction of sp³-hybridized carbons (Fsp3) is 0.294. The Labute approximate surface area is 124 Å². The second-order valence-electron chi connectivity index (χ2n) is 5.36. The number of hydrogen-bond acceptors (Lipinski definition) is 2. The van der Waals surface area contributed by atoms with E-state index in [1.54, 1.807) is 0 Å². The van der Waals surface area contributed by atoms with Gasteiger partial charge in [-0.3, -0.25) is 0 Å². The van der Waals surface area contributed by atoms with Gasteiger partial charge in [-0.25, -0.2) is 0 Å². The number of ether oxygens (including phenoxy) is 1. The summed E-state index contributed by atoms with van der Waals surface area (Å²) in [6, 6.07) is 12.0. The molecule has 2 aromatic carbocycles. The highest BCUT2D eigenvalue weighted by atomic mass is 35.5. The molecule has 0 fully saturated rings. The molecule has 0 saturated heterocycles. The molecule has 0 saturated carbocycles. The second kappa shape index (κ2) is 5.47. The van der Waals surface area contributed by atoms with Crippen molar-refractivity contribution in [2.75, 3.05) is 0 Å². The number of benzene rings is 2. The first-order valence-corrected chi connectivity index (χ1v) is 7.36. The molecule has 2 aromatic rings. The van der Waals surface area contributed by atoms with Crippen molar-refractivity contribution in [1.82, 2.24) is 0 Å². The Hall–Kier alpha value is -1.51. The average Bonchev–Trinajstić information content (AvgIpc) is 2.88. The first-order valence-electron chi connectivity index (χ1n) is 6.98. The maximum absolute atomic E-state index is 6.26. The molecule has 2 N–H and O–H groups in total. The number of halogens is 1. The van der Waals surface area contributed by atoms with Gasteiger partial charge in [0, 0.05) is 6.04 Å². The van der Waals surface area contributed by atoms with Gasteiger partial charge in [-0.05, 0) is 67.1 Å². The van der Waals surface area contributed by atoms with E-state index in [4.69, 9.17) is 22.1 Å². The summed E-state index contributed by atoms with van der Waals surface area (Å²) in [7, 11) is 0. The molecule has 0 aromatic heterocycles. The zero-order chi connectivity index (χ0) is 14.1. The second-order valence-corrected chi connectivity index (χ2v) is 5.77. The molecule has 0 unspecified atom stereocenters. The van der Waals surface area contributed by atoms with Crippen LogP contribution in [0.2, 0.25) is 5.02 Å². The number of hydrogen-bond donors (Lipinski definition) is 1. The molecule has 1 aliphatic carbocycles. The number of fused-ring (bicyclic) bond motifs is 1. The van der Waals surface area contributed by atoms with Crippen LogP contribution < -0.4 is 10.5 Å². The van der Waals surface area contributed by atoms with Gasteiger partial charge < -0.3 is 10.5 Å². The van der Waals surface area contributed by atoms with Crippen molar-refractivity contribution in [1.29, 1.82) is 0 Å². The Morgan fingerprint density at radius 1 is 1.10 bits per heavy atom. The molecule has 0 bridgehead atoms. The number of aryl methyl sites for hydroxylation is 2. The Morgan fingerprint density at radius 2 is 1.90 bits per heavy atom. The molecule has 0 amide bonds. The lowest BCUT2D eigenvalue weighted by atomic mass is 10.1. The third-order valence-corrected chi connectivity index (χ3v) is 4.07. The Morgan fingerprint density at radius 3 is 2.65 bits per heavy atom. The van der Waals surface area contributed by atoms with E-state index in [0.717, 1.165) is 17.7 Å². The monoisotopic (exact) mass is 287 g/mol. The predicted octanol–water partition coefficient (Wildman–Crippen LogP) is 4.64. The fourth-order valence-electron chi connectivity index (χ4n) is 2.62. The highest BCUT2D eigenvalue weighted by molar-refractivity contribution is 6.32. The number of nitrogens with two attached hydrogens (primary N) is 1. The maximum atomic E-state index is 6.26. The van der Waals surface area contributed by atoms with E-state index in [-0.39, 0.29) is 6.04 Å². The molecule has 3 rings (SSSR count). The Bertz CT molecular complexity index is 637. The Balaban J connectivity index is 1.84. The molecule has 104 valence electrons. The van der Waals surface area contributed by atoms with Crippen LogP contribution in [0, 0.1) is 0 Å². The minimum Gasteiger partial charge on any atom is -0.456 e. The molecule has 1 atom stereocenters. The van der Waals surface area contributed by atoms with Crippen LogP contribution in [-0.2, 0) is 12.8 Å². The molecule has 1 aliphatic rings. The van der Waals surface area contributed by atoms with Gasteiger partial charge in [0.25, 0.3) is 0 Å². The largest absolute Gasteiger partial charge is 0.456 e. The van der Waals surface area contributed by atoms with Crippen LogP contribution in [-0.4, -0.2) is 0 Å². The SMILES string of the molecule is C[C@H](N)c1ccc(Oc2ccc3c(c2)CCC3)c(Cl)c1. The van der Waals surface area contributed by atoms with Crippen molar-refractivity contribution in [2.45, 2.75) is 32.2 Å². The van der Waals surface area contributed by atoms with Gasteiger partial charge in [-0.2, -0.15) is 0 Å². The molecular weight excluding hydrogens is 270 g/mol. The van der Waals surface area contributed by atoms with Gasteiger partial charge in [0.1, 0.15) is 11.5 Å². The first kappa shape index (κ1) is 13.5. The standard InChI is InChI=1S/C17H18ClNO/c1-11(19)13-6-8-17(16(18)10-13)20-15-7-5-12-3-2-4-14(12)9-15/h5-11H,2-4,19H2,1H3/t11-/m0/s1. The van der Waals surface area contributed by atoms with Gasteiger partial charge in [-0.15, -0.1) is 0 Å². The van der Waals surface area contributed by atoms with Gasteiger partial charge in [0.15, 0.2) is 0 Å². The van der Waals surface area contributed by atoms with E-state index in [0.29, 0.717) is 10.8 Å². The smallest absolute Gasteiger partial charge is 0.146 e. The lowest BCUT2D eigenvalue weighted by Crippen LogP contribution is -2.04. The zero-order valence-corrected chi connectivity index (χ0v) is 12.3. The first-order chi connectivity index (χ1) is 9.63. The summed E-state index contributed by atoms with van der Waals surface area (Å²) in [4.78, 5) is 0. The van der Waals surface area contributed by atoms with E-state index in [1.807, 2.05) is 31.2 Å². The van der Waals surface area contributed by atoms with E-state index in [9.17, 15) is 0 Å². The Kier molecular flexibility index (Phi) is 3.68. The van der Waals surface area contributed by atoms with Gasteiger partial charge in [0.05, 0.1) is 5.02 Å². The summed E-state index contributed by atoms with van der Waals surface area (Å²) in [5.41, 5.74) is 9.69. The van der Waals surface area contributed by atoms with Crippen LogP contribution in [0.25, 0.3) is 0 Å². The van der Waals surface area contributed by atoms with Gasteiger partial charge in [-0.1, -0.05) is 23.7 Å². The van der Waals surface area contributed by atoms with Crippen LogP contribution in [0.15, 0.2) is 36.4 Å². The van der Waals surface area contributed by atoms with Crippen molar-refractivity contribution < 1.29 is 4.74 Å². The van der Waals surface area contributed by atoms with Crippen molar-refractivity contribution in [3.05, 3.63) is 58.1 Å². The summed E-state index contributed by atoms with van der Waals surface area (Å²) in [6.07, 6.45) is 3.56. The van der Waals surface area contributed by atoms with E-state index in [1.165, 1.54) is 24.0 Å². The molecule has 0 spiro atoms. The predicted molar refractivity (Wildman–Crippen MR) is 82.6 cm³/mol. The van der Waals surface area contributed by atoms with Crippen LogP contribution in [0.1, 0.15) is 36.1 Å². The normalized spacial score (nSPS) is 14.9. The van der Waals surface area contributed by atoms with Crippen LogP contribution >= 0.6 is 11.6 Å². The lowest BCUT2D eigenvalue weighted by Gasteiger charge is -2.12. The summed E-state index contributed by atoms with van der Waals surface area (Å²) >= 11 is 6.26. The minimum absolute atomic E-state index is 0.0263. The van der Waals surface area contributed by atoms with Crippen LogP contribution in [0.5, 0.6) is 11.5 Å². The van der Waals surface area contributed by atoms with Crippen molar-refractivity contribution in [3.8, 4) is 11.5 Å². The summed E-state index contributed by atoms with van der Waals surface area (Å²) in [6.45, 7) is 1.94. The maximum Gasteiger partial charge on any atom is 0.146 e. The molecule has 2 nitrogen and oxygen atoms in total. The van der Waals surface area contributed by atoms with Crippen LogP contribution in [0.3, 0.4) is 0 Å². The lowest BCUT2D eigenvalue weighted by molar-refractivity contribution is 0.482. The highest BCUT2D eigenvalue weighted by Gasteiger charge is 2.12. The van der Waals surface area contributed by atoms with Crippen molar-refractivity contribution in [3.63, 3.8) is 0 Å². The average molecular weight is 288 g/mol. The van der Waals surface area contributed by atoms with E-state index >= 15 is 0 Å². The third kappa shape index (κ3) is 2.67. The molecule has 0 radical (unpaired) electrons. The van der Waals surface area contributed by atoms with E-state index in [2.05, 4.69) is 12.1 Å². The molecule has 3 heteroatoms. The molecule has 20 heavy (non-hydrogen) atoms. The van der Waals surface area contributed by atoms with Crippen molar-refractivity contribution in [2.24, 2.45) is 5.73 Å². The quantitative estimate of drug-likeness (QED) is 0.892. The van der Waals surface area contributed by atoms with Gasteiger partial charge >= 0.3 is 0 Å². The zero-order valence-electron chi connectivity index (χ0n) is 11.5. The topological polar surface area (TPSA) is 35.2 Å². The summed E-state index contributed by atoms with van der Waals surface area (Å²) in [5.74, 6) is 1.52.